The number of nitrogens with one attached hydrogen (secondary N) is 2. The first-order valence-corrected chi connectivity index (χ1v) is 27.9. The van der Waals surface area contributed by atoms with E-state index in [1.165, 1.54) is 38.5 Å². The van der Waals surface area contributed by atoms with Gasteiger partial charge in [-0.2, -0.15) is 0 Å². The number of allylic oxidation sites excluding steroid dienone is 5. The van der Waals surface area contributed by atoms with Gasteiger partial charge in [-0.25, -0.2) is 4.58 Å². The molecule has 70 heavy (non-hydrogen) atoms. The number of fused-ring (bicyclic) bond motifs is 6. The zero-order valence-corrected chi connectivity index (χ0v) is 44.6. The number of likely N-dealkylation sites (N-methyl/N-ethyl adjacent to an activating group) is 1. The van der Waals surface area contributed by atoms with Crippen LogP contribution in [0.5, 0.6) is 0 Å². The van der Waals surface area contributed by atoms with E-state index in [1.54, 1.807) is 17.8 Å². The molecule has 2 atom stereocenters. The summed E-state index contributed by atoms with van der Waals surface area (Å²) < 4.78 is 2.17. The van der Waals surface area contributed by atoms with E-state index in [-0.39, 0.29) is 40.4 Å². The zero-order valence-electron chi connectivity index (χ0n) is 42.8. The number of thioether (sulfide) groups is 1. The van der Waals surface area contributed by atoms with Gasteiger partial charge in [-0.05, 0) is 129 Å². The number of amides is 2. The summed E-state index contributed by atoms with van der Waals surface area (Å²) in [5.41, 5.74) is 11.7. The van der Waals surface area contributed by atoms with Crippen LogP contribution in [0, 0.1) is 22.5 Å². The Morgan fingerprint density at radius 1 is 0.886 bits per heavy atom. The molecule has 9 rings (SSSR count). The minimum Gasteiger partial charge on any atom is -0.378 e. The Kier molecular flexibility index (Phi) is 12.1. The quantitative estimate of drug-likeness (QED) is 0.0655. The molecule has 5 aromatic rings. The van der Waals surface area contributed by atoms with Gasteiger partial charge in [-0.1, -0.05) is 95.9 Å². The van der Waals surface area contributed by atoms with Crippen molar-refractivity contribution >= 4 is 82.0 Å². The van der Waals surface area contributed by atoms with Crippen molar-refractivity contribution in [3.05, 3.63) is 169 Å². The Labute approximate surface area is 418 Å². The van der Waals surface area contributed by atoms with Crippen LogP contribution in [0.2, 0.25) is 13.1 Å². The van der Waals surface area contributed by atoms with Crippen molar-refractivity contribution in [1.29, 1.82) is 0 Å². The average Bonchev–Trinajstić information content (AvgIpc) is 3.46. The largest absolute Gasteiger partial charge is 0.378 e. The minimum absolute atomic E-state index is 0.0951. The van der Waals surface area contributed by atoms with E-state index in [1.807, 2.05) is 60.7 Å². The van der Waals surface area contributed by atoms with Gasteiger partial charge >= 0.3 is 0 Å². The highest BCUT2D eigenvalue weighted by Gasteiger charge is 2.56. The van der Waals surface area contributed by atoms with E-state index in [0.29, 0.717) is 22.9 Å². The van der Waals surface area contributed by atoms with Crippen LogP contribution >= 0.6 is 11.8 Å². The predicted molar refractivity (Wildman–Crippen MR) is 293 cm³/mol. The summed E-state index contributed by atoms with van der Waals surface area (Å²) >= 11 is 1.71. The maximum absolute atomic E-state index is 14.3. The molecular weight excluding hydrogens is 905 g/mol. The molecule has 1 aliphatic carbocycles. The fraction of sp³-hybridized carbons (Fsp3) is 0.328. The number of hydrogen-bond acceptors (Lipinski definition) is 7. The molecule has 2 unspecified atom stereocenters. The smallest absolute Gasteiger partial charge is 0.277 e. The van der Waals surface area contributed by atoms with E-state index < -0.39 is 18.4 Å². The van der Waals surface area contributed by atoms with Crippen molar-refractivity contribution in [1.82, 2.24) is 10.6 Å². The molecule has 0 fully saturated rings. The molecule has 0 bridgehead atoms. The van der Waals surface area contributed by atoms with E-state index >= 15 is 0 Å². The Balaban J connectivity index is 0.958. The number of anilines is 2. The molecule has 0 radical (unpaired) electrons. The Hall–Kier alpha value is -6.50. The fourth-order valence-corrected chi connectivity index (χ4v) is 15.8. The van der Waals surface area contributed by atoms with Crippen LogP contribution in [0.25, 0.3) is 22.4 Å². The number of benzene rings is 5. The Morgan fingerprint density at radius 3 is 2.24 bits per heavy atom. The van der Waals surface area contributed by atoms with Crippen LogP contribution < -0.4 is 25.6 Å². The number of aryl methyl sites for hydroxylation is 1. The van der Waals surface area contributed by atoms with Crippen molar-refractivity contribution < 1.29 is 19.1 Å². The first kappa shape index (κ1) is 48.5. The number of carbonyl (C=O) groups excluding carboxylic acids is 2. The topological polar surface area (TPSA) is 111 Å². The molecule has 1 spiro atoms. The van der Waals surface area contributed by atoms with Gasteiger partial charge in [0, 0.05) is 90.1 Å². The number of non-ortho nitro benzene ring substituents is 1. The number of nitrogens with zero attached hydrogens (tertiary/aromatic N) is 4. The van der Waals surface area contributed by atoms with E-state index in [9.17, 15) is 19.7 Å². The molecule has 0 saturated carbocycles. The van der Waals surface area contributed by atoms with Crippen LogP contribution in [0.3, 0.4) is 0 Å². The van der Waals surface area contributed by atoms with Crippen LogP contribution in [0.4, 0.5) is 17.1 Å². The van der Waals surface area contributed by atoms with E-state index in [4.69, 9.17) is 0 Å². The fourth-order valence-electron chi connectivity index (χ4n) is 11.2. The van der Waals surface area contributed by atoms with Gasteiger partial charge in [-0.15, -0.1) is 0 Å². The Morgan fingerprint density at radius 2 is 1.57 bits per heavy atom. The average molecular weight is 970 g/mol. The maximum atomic E-state index is 14.3. The highest BCUT2D eigenvalue weighted by atomic mass is 32.2. The van der Waals surface area contributed by atoms with Crippen LogP contribution in [-0.4, -0.2) is 87.8 Å². The van der Waals surface area contributed by atoms with Crippen LogP contribution in [-0.2, 0) is 5.41 Å². The first-order valence-electron chi connectivity index (χ1n) is 24.1. The number of nitro benzene ring substituents is 1. The van der Waals surface area contributed by atoms with Crippen molar-refractivity contribution in [2.45, 2.75) is 82.3 Å². The molecule has 3 aliphatic heterocycles. The maximum Gasteiger partial charge on any atom is 0.277 e. The van der Waals surface area contributed by atoms with Gasteiger partial charge in [0.05, 0.1) is 10.3 Å². The second-order valence-corrected chi connectivity index (χ2v) is 27.7. The van der Waals surface area contributed by atoms with E-state index in [0.717, 1.165) is 38.2 Å². The third-order valence-corrected chi connectivity index (χ3v) is 20.4. The van der Waals surface area contributed by atoms with Crippen molar-refractivity contribution in [2.24, 2.45) is 5.41 Å². The summed E-state index contributed by atoms with van der Waals surface area (Å²) in [7, 11) is 8.33. The molecule has 3 heterocycles. The number of rotatable bonds is 9. The summed E-state index contributed by atoms with van der Waals surface area (Å²) in [6.45, 7) is 18.1. The SMILES string of the molecule is Cc1cc(C(=O)NCC(CC(C)(C)C)NC(=O)c2ccc3c(c2)C(C)(C)C2(C=Cc4cc([N+](=O)[O-])c5ccccc5c4S2)N3C)ccc1C1=C2C=CC(=[N+](C)C)C=C2[Si](C)(C)c2cc(N(C)C)ccc21. The second kappa shape index (κ2) is 17.4. The molecule has 360 valence electrons. The lowest BCUT2D eigenvalue weighted by Gasteiger charge is -2.45. The lowest BCUT2D eigenvalue weighted by Crippen LogP contribution is -2.50. The highest BCUT2D eigenvalue weighted by Crippen LogP contribution is 2.62. The number of nitro groups is 1. The van der Waals surface area contributed by atoms with Crippen molar-refractivity contribution in [3.8, 4) is 0 Å². The standard InChI is InChI=1S/C58H64N6O4SSi/c1-35-28-37(18-22-42(35)52-45-23-20-40(61(7)8)31-50(45)70(12,13)51-32-41(62(9)10)21-24-46(51)52)54(65)59-34-39(33-56(2,3)4)60-55(66)38-19-25-48-47(29-38)57(5,6)58(63(48)11)27-26-36-30-49(64(67)68)43-16-14-15-17-44(43)53(36)69-58/h14-32,39H,33-34H2,1-13H3,(H-,59,60,65,66)/p+1. The molecule has 12 heteroatoms. The summed E-state index contributed by atoms with van der Waals surface area (Å²) in [4.78, 5) is 45.1. The van der Waals surface area contributed by atoms with Gasteiger partial charge in [0.25, 0.3) is 17.5 Å². The third-order valence-electron chi connectivity index (χ3n) is 15.0. The lowest BCUT2D eigenvalue weighted by atomic mass is 9.78. The zero-order chi connectivity index (χ0) is 50.4. The molecule has 2 N–H and O–H groups in total. The normalized spacial score (nSPS) is 18.7. The van der Waals surface area contributed by atoms with Crippen molar-refractivity contribution in [2.75, 3.05) is 51.6 Å². The van der Waals surface area contributed by atoms with E-state index in [2.05, 4.69) is 163 Å². The van der Waals surface area contributed by atoms with Gasteiger partial charge < -0.3 is 20.4 Å². The second-order valence-electron chi connectivity index (χ2n) is 22.1. The predicted octanol–water partition coefficient (Wildman–Crippen LogP) is 10.8. The molecule has 10 nitrogen and oxygen atoms in total. The molecule has 0 saturated heterocycles. The van der Waals surface area contributed by atoms with Gasteiger partial charge in [0.1, 0.15) is 27.0 Å². The molecule has 2 amide bonds. The van der Waals surface area contributed by atoms with Gasteiger partial charge in [0.15, 0.2) is 5.71 Å². The molecule has 5 aromatic carbocycles. The summed E-state index contributed by atoms with van der Waals surface area (Å²) in [5, 5.41) is 22.9. The third kappa shape index (κ3) is 8.12. The summed E-state index contributed by atoms with van der Waals surface area (Å²) in [6.07, 6.45) is 11.7. The van der Waals surface area contributed by atoms with Crippen molar-refractivity contribution in [3.63, 3.8) is 0 Å². The minimum atomic E-state index is -2.11. The Bertz CT molecular complexity index is 3240. The number of carbonyl (C=O) groups is 2. The highest BCUT2D eigenvalue weighted by molar-refractivity contribution is 8.01. The monoisotopic (exact) mass is 969 g/mol. The van der Waals surface area contributed by atoms with Gasteiger partial charge in [0.2, 0.25) is 0 Å². The number of hydrogen-bond donors (Lipinski definition) is 2. The summed E-state index contributed by atoms with van der Waals surface area (Å²) in [6, 6.07) is 27.7. The molecule has 4 aliphatic rings. The van der Waals surface area contributed by atoms with Crippen LogP contribution in [0.1, 0.15) is 89.6 Å². The molecule has 0 aromatic heterocycles. The van der Waals surface area contributed by atoms with Gasteiger partial charge in [-0.3, -0.25) is 19.7 Å². The lowest BCUT2D eigenvalue weighted by molar-refractivity contribution is -0.462. The van der Waals surface area contributed by atoms with Crippen LogP contribution in [0.15, 0.2) is 125 Å². The summed E-state index contributed by atoms with van der Waals surface area (Å²) in [5.74, 6) is -0.389. The molecular formula is C58H65N6O4SSi+. The first-order chi connectivity index (χ1) is 32.9.